The fourth-order valence-corrected chi connectivity index (χ4v) is 1.73. The molecule has 1 aromatic rings. The molecule has 0 N–H and O–H groups in total. The van der Waals surface area contributed by atoms with Crippen molar-refractivity contribution < 1.29 is 4.79 Å². The Kier molecular flexibility index (Phi) is 2.29. The van der Waals surface area contributed by atoms with Crippen LogP contribution in [0.25, 0.3) is 0 Å². The van der Waals surface area contributed by atoms with Gasteiger partial charge in [0.15, 0.2) is 0 Å². The highest BCUT2D eigenvalue weighted by molar-refractivity contribution is 5.99. The number of anilines is 1. The Balaban J connectivity index is 2.31. The van der Waals surface area contributed by atoms with Crippen LogP contribution in [0.1, 0.15) is 32.8 Å². The van der Waals surface area contributed by atoms with Crippen molar-refractivity contribution in [3.05, 3.63) is 29.8 Å². The minimum atomic E-state index is 0.143. The molecule has 80 valence electrons. The van der Waals surface area contributed by atoms with E-state index in [2.05, 4.69) is 32.9 Å². The maximum atomic E-state index is 11.3. The second-order valence-corrected chi connectivity index (χ2v) is 5.10. The van der Waals surface area contributed by atoms with E-state index in [0.717, 1.165) is 12.2 Å². The normalized spacial score (nSPS) is 16.5. The van der Waals surface area contributed by atoms with Crippen LogP contribution in [0.15, 0.2) is 24.3 Å². The van der Waals surface area contributed by atoms with E-state index in [0.29, 0.717) is 6.42 Å². The van der Waals surface area contributed by atoms with E-state index in [1.165, 1.54) is 5.56 Å². The topological polar surface area (TPSA) is 20.3 Å². The van der Waals surface area contributed by atoms with Crippen LogP contribution < -0.4 is 4.90 Å². The SMILES string of the molecule is CC(C)(C)c1cccc(N2CCC2=O)c1. The molecule has 1 fully saturated rings. The summed E-state index contributed by atoms with van der Waals surface area (Å²) in [6.45, 7) is 7.42. The molecule has 0 radical (unpaired) electrons. The van der Waals surface area contributed by atoms with Crippen molar-refractivity contribution in [2.75, 3.05) is 11.4 Å². The van der Waals surface area contributed by atoms with Gasteiger partial charge in [0.05, 0.1) is 0 Å². The zero-order chi connectivity index (χ0) is 11.1. The van der Waals surface area contributed by atoms with Gasteiger partial charge in [-0.2, -0.15) is 0 Å². The molecule has 1 aromatic carbocycles. The van der Waals surface area contributed by atoms with Crippen LogP contribution in [-0.2, 0) is 10.2 Å². The molecule has 2 rings (SSSR count). The number of nitrogens with zero attached hydrogens (tertiary/aromatic N) is 1. The maximum absolute atomic E-state index is 11.3. The van der Waals surface area contributed by atoms with Gasteiger partial charge in [0.25, 0.3) is 0 Å². The van der Waals surface area contributed by atoms with E-state index in [4.69, 9.17) is 0 Å². The van der Waals surface area contributed by atoms with Crippen LogP contribution in [-0.4, -0.2) is 12.5 Å². The van der Waals surface area contributed by atoms with Gasteiger partial charge < -0.3 is 4.90 Å². The summed E-state index contributed by atoms with van der Waals surface area (Å²) in [5.41, 5.74) is 2.46. The lowest BCUT2D eigenvalue weighted by atomic mass is 9.86. The number of amides is 1. The zero-order valence-corrected chi connectivity index (χ0v) is 9.58. The zero-order valence-electron chi connectivity index (χ0n) is 9.58. The molecule has 2 nitrogen and oxygen atoms in total. The monoisotopic (exact) mass is 203 g/mol. The summed E-state index contributed by atoms with van der Waals surface area (Å²) < 4.78 is 0. The fraction of sp³-hybridized carbons (Fsp3) is 0.462. The molecule has 1 saturated heterocycles. The van der Waals surface area contributed by atoms with Crippen molar-refractivity contribution in [3.63, 3.8) is 0 Å². The summed E-state index contributed by atoms with van der Waals surface area (Å²) in [6, 6.07) is 8.28. The Bertz CT molecular complexity index is 390. The third-order valence-corrected chi connectivity index (χ3v) is 2.87. The van der Waals surface area contributed by atoms with Gasteiger partial charge in [0.1, 0.15) is 0 Å². The first-order valence-electron chi connectivity index (χ1n) is 5.39. The molecule has 1 amide bonds. The smallest absolute Gasteiger partial charge is 0.228 e. The van der Waals surface area contributed by atoms with Gasteiger partial charge in [-0.15, -0.1) is 0 Å². The number of benzene rings is 1. The summed E-state index contributed by atoms with van der Waals surface area (Å²) in [6.07, 6.45) is 0.694. The first-order chi connectivity index (χ1) is 6.98. The molecule has 0 aliphatic carbocycles. The van der Waals surface area contributed by atoms with E-state index in [1.807, 2.05) is 17.0 Å². The van der Waals surface area contributed by atoms with Crippen LogP contribution in [0.3, 0.4) is 0 Å². The first kappa shape index (κ1) is 10.2. The van der Waals surface area contributed by atoms with E-state index in [1.54, 1.807) is 0 Å². The minimum absolute atomic E-state index is 0.143. The highest BCUT2D eigenvalue weighted by atomic mass is 16.2. The lowest BCUT2D eigenvalue weighted by molar-refractivity contribution is -0.122. The second kappa shape index (κ2) is 3.37. The lowest BCUT2D eigenvalue weighted by Crippen LogP contribution is -2.43. The minimum Gasteiger partial charge on any atom is -0.312 e. The molecule has 15 heavy (non-hydrogen) atoms. The van der Waals surface area contributed by atoms with Crippen molar-refractivity contribution >= 4 is 11.6 Å². The molecule has 2 heteroatoms. The van der Waals surface area contributed by atoms with Gasteiger partial charge in [-0.3, -0.25) is 4.79 Å². The summed E-state index contributed by atoms with van der Waals surface area (Å²) in [7, 11) is 0. The average molecular weight is 203 g/mol. The lowest BCUT2D eigenvalue weighted by Gasteiger charge is -2.32. The number of carbonyl (C=O) groups is 1. The predicted octanol–water partition coefficient (Wildman–Crippen LogP) is 2.72. The number of rotatable bonds is 1. The highest BCUT2D eigenvalue weighted by Crippen LogP contribution is 2.28. The van der Waals surface area contributed by atoms with Crippen LogP contribution in [0.4, 0.5) is 5.69 Å². The fourth-order valence-electron chi connectivity index (χ4n) is 1.73. The molecule has 0 atom stereocenters. The van der Waals surface area contributed by atoms with Crippen LogP contribution >= 0.6 is 0 Å². The largest absolute Gasteiger partial charge is 0.312 e. The van der Waals surface area contributed by atoms with E-state index in [-0.39, 0.29) is 11.3 Å². The van der Waals surface area contributed by atoms with Gasteiger partial charge >= 0.3 is 0 Å². The quantitative estimate of drug-likeness (QED) is 0.643. The molecule has 0 saturated carbocycles. The van der Waals surface area contributed by atoms with Crippen molar-refractivity contribution in [2.45, 2.75) is 32.6 Å². The Morgan fingerprint density at radius 1 is 1.27 bits per heavy atom. The maximum Gasteiger partial charge on any atom is 0.228 e. The van der Waals surface area contributed by atoms with Gasteiger partial charge in [0, 0.05) is 18.7 Å². The Morgan fingerprint density at radius 3 is 2.47 bits per heavy atom. The molecule has 1 heterocycles. The number of β-lactam (4-membered cyclic amide) rings is 1. The van der Waals surface area contributed by atoms with E-state index >= 15 is 0 Å². The molecule has 1 aliphatic heterocycles. The standard InChI is InChI=1S/C13H17NO/c1-13(2,3)10-5-4-6-11(9-10)14-8-7-12(14)15/h4-6,9H,7-8H2,1-3H3. The van der Waals surface area contributed by atoms with Crippen molar-refractivity contribution in [1.82, 2.24) is 0 Å². The molecule has 0 bridgehead atoms. The van der Waals surface area contributed by atoms with Crippen LogP contribution in [0.5, 0.6) is 0 Å². The van der Waals surface area contributed by atoms with Crippen molar-refractivity contribution in [2.24, 2.45) is 0 Å². The molecule has 0 aromatic heterocycles. The van der Waals surface area contributed by atoms with Gasteiger partial charge in [0.2, 0.25) is 5.91 Å². The molecular formula is C13H17NO. The third-order valence-electron chi connectivity index (χ3n) is 2.87. The number of hydrogen-bond acceptors (Lipinski definition) is 1. The van der Waals surface area contributed by atoms with Crippen LogP contribution in [0, 0.1) is 0 Å². The molecule has 1 aliphatic rings. The second-order valence-electron chi connectivity index (χ2n) is 5.10. The van der Waals surface area contributed by atoms with Gasteiger partial charge in [-0.1, -0.05) is 32.9 Å². The first-order valence-corrected chi connectivity index (χ1v) is 5.39. The Morgan fingerprint density at radius 2 is 2.00 bits per heavy atom. The van der Waals surface area contributed by atoms with E-state index in [9.17, 15) is 4.79 Å². The number of hydrogen-bond donors (Lipinski definition) is 0. The highest BCUT2D eigenvalue weighted by Gasteiger charge is 2.25. The predicted molar refractivity (Wildman–Crippen MR) is 62.1 cm³/mol. The summed E-state index contributed by atoms with van der Waals surface area (Å²) in [5.74, 6) is 0.237. The van der Waals surface area contributed by atoms with E-state index < -0.39 is 0 Å². The summed E-state index contributed by atoms with van der Waals surface area (Å²) >= 11 is 0. The average Bonchev–Trinajstić information content (AvgIpc) is 2.15. The Labute approximate surface area is 90.9 Å². The van der Waals surface area contributed by atoms with Gasteiger partial charge in [-0.05, 0) is 23.1 Å². The summed E-state index contributed by atoms with van der Waals surface area (Å²) in [5, 5.41) is 0. The molecular weight excluding hydrogens is 186 g/mol. The summed E-state index contributed by atoms with van der Waals surface area (Å²) in [4.78, 5) is 13.2. The third kappa shape index (κ3) is 1.89. The Hall–Kier alpha value is -1.31. The molecule has 0 unspecified atom stereocenters. The number of carbonyl (C=O) groups excluding carboxylic acids is 1. The van der Waals surface area contributed by atoms with Crippen molar-refractivity contribution in [3.8, 4) is 0 Å². The van der Waals surface area contributed by atoms with Crippen LogP contribution in [0.2, 0.25) is 0 Å². The van der Waals surface area contributed by atoms with Gasteiger partial charge in [-0.25, -0.2) is 0 Å². The van der Waals surface area contributed by atoms with Crippen molar-refractivity contribution in [1.29, 1.82) is 0 Å². The molecule has 0 spiro atoms.